The van der Waals surface area contributed by atoms with Crippen molar-refractivity contribution in [3.8, 4) is 5.75 Å². The van der Waals surface area contributed by atoms with E-state index in [0.717, 1.165) is 13.1 Å². The molecule has 1 saturated heterocycles. The Hall–Kier alpha value is -1.79. The van der Waals surface area contributed by atoms with Crippen LogP contribution in [0.2, 0.25) is 0 Å². The standard InChI is InChI=1S/C15H23N3O3/c1-10-8-18(6-5-13(10)19)9-15(20)17-12-7-11(16)3-4-14(12)21-2/h3-4,7,10,13,19H,5-6,8-9,16H2,1-2H3,(H,17,20). The summed E-state index contributed by atoms with van der Waals surface area (Å²) in [6, 6.07) is 5.13. The molecule has 2 atom stereocenters. The zero-order chi connectivity index (χ0) is 15.4. The number of hydrogen-bond donors (Lipinski definition) is 3. The fourth-order valence-corrected chi connectivity index (χ4v) is 2.58. The van der Waals surface area contributed by atoms with Gasteiger partial charge in [-0.05, 0) is 30.5 Å². The highest BCUT2D eigenvalue weighted by Gasteiger charge is 2.25. The number of benzene rings is 1. The molecule has 1 heterocycles. The number of nitrogens with two attached hydrogens (primary N) is 1. The van der Waals surface area contributed by atoms with Crippen LogP contribution in [0.3, 0.4) is 0 Å². The molecular formula is C15H23N3O3. The first-order valence-electron chi connectivity index (χ1n) is 7.13. The lowest BCUT2D eigenvalue weighted by Gasteiger charge is -2.33. The Balaban J connectivity index is 1.94. The van der Waals surface area contributed by atoms with E-state index in [1.807, 2.05) is 11.8 Å². The first kappa shape index (κ1) is 15.6. The maximum Gasteiger partial charge on any atom is 0.238 e. The summed E-state index contributed by atoms with van der Waals surface area (Å²) in [5.41, 5.74) is 6.88. The molecule has 0 saturated carbocycles. The second-order valence-corrected chi connectivity index (χ2v) is 5.58. The van der Waals surface area contributed by atoms with Gasteiger partial charge in [0.2, 0.25) is 5.91 Å². The normalized spacial score (nSPS) is 22.8. The molecule has 2 unspecified atom stereocenters. The third-order valence-corrected chi connectivity index (χ3v) is 3.81. The van der Waals surface area contributed by atoms with E-state index in [4.69, 9.17) is 10.5 Å². The predicted octanol–water partition coefficient (Wildman–Crippen LogP) is 0.919. The lowest BCUT2D eigenvalue weighted by molar-refractivity contribution is -0.118. The van der Waals surface area contributed by atoms with Crippen molar-refractivity contribution < 1.29 is 14.6 Å². The summed E-state index contributed by atoms with van der Waals surface area (Å²) in [6.45, 7) is 3.75. The summed E-state index contributed by atoms with van der Waals surface area (Å²) < 4.78 is 5.21. The van der Waals surface area contributed by atoms with Crippen molar-refractivity contribution >= 4 is 17.3 Å². The highest BCUT2D eigenvalue weighted by molar-refractivity contribution is 5.94. The number of hydrogen-bond acceptors (Lipinski definition) is 5. The van der Waals surface area contributed by atoms with Crippen molar-refractivity contribution in [2.24, 2.45) is 5.92 Å². The summed E-state index contributed by atoms with van der Waals surface area (Å²) in [4.78, 5) is 14.2. The molecule has 2 rings (SSSR count). The molecule has 1 aromatic carbocycles. The molecule has 1 aliphatic rings. The Labute approximate surface area is 124 Å². The minimum atomic E-state index is -0.265. The van der Waals surface area contributed by atoms with Gasteiger partial charge in [0.15, 0.2) is 0 Å². The molecule has 0 aromatic heterocycles. The first-order valence-corrected chi connectivity index (χ1v) is 7.13. The number of anilines is 2. The third-order valence-electron chi connectivity index (χ3n) is 3.81. The van der Waals surface area contributed by atoms with Crippen LogP contribution in [-0.4, -0.2) is 48.8 Å². The third kappa shape index (κ3) is 4.09. The number of amides is 1. The Morgan fingerprint density at radius 3 is 3.00 bits per heavy atom. The zero-order valence-electron chi connectivity index (χ0n) is 12.5. The number of carbonyl (C=O) groups is 1. The Kier molecular flexibility index (Phi) is 5.03. The molecule has 1 aliphatic heterocycles. The van der Waals surface area contributed by atoms with Crippen LogP contribution in [0.5, 0.6) is 5.75 Å². The average Bonchev–Trinajstić information content (AvgIpc) is 2.43. The number of methoxy groups -OCH3 is 1. The number of nitrogen functional groups attached to an aromatic ring is 1. The van der Waals surface area contributed by atoms with E-state index in [1.54, 1.807) is 25.3 Å². The number of carbonyl (C=O) groups excluding carboxylic acids is 1. The average molecular weight is 293 g/mol. The van der Waals surface area contributed by atoms with Crippen LogP contribution in [0.15, 0.2) is 18.2 Å². The summed E-state index contributed by atoms with van der Waals surface area (Å²) in [6.07, 6.45) is 0.439. The Morgan fingerprint density at radius 2 is 2.33 bits per heavy atom. The van der Waals surface area contributed by atoms with Crippen molar-refractivity contribution in [3.63, 3.8) is 0 Å². The SMILES string of the molecule is COc1ccc(N)cc1NC(=O)CN1CCC(O)C(C)C1. The van der Waals surface area contributed by atoms with E-state index in [1.165, 1.54) is 0 Å². The number of piperidine rings is 1. The van der Waals surface area contributed by atoms with E-state index in [2.05, 4.69) is 5.32 Å². The molecular weight excluding hydrogens is 270 g/mol. The van der Waals surface area contributed by atoms with Crippen LogP contribution in [0.1, 0.15) is 13.3 Å². The van der Waals surface area contributed by atoms with Crippen molar-refractivity contribution in [2.45, 2.75) is 19.4 Å². The van der Waals surface area contributed by atoms with Gasteiger partial charge in [-0.25, -0.2) is 0 Å². The van der Waals surface area contributed by atoms with Crippen LogP contribution < -0.4 is 15.8 Å². The van der Waals surface area contributed by atoms with Gasteiger partial charge in [-0.1, -0.05) is 6.92 Å². The number of nitrogens with one attached hydrogen (secondary N) is 1. The van der Waals surface area contributed by atoms with Gasteiger partial charge in [0.1, 0.15) is 5.75 Å². The molecule has 1 aromatic rings. The molecule has 116 valence electrons. The molecule has 0 radical (unpaired) electrons. The lowest BCUT2D eigenvalue weighted by Crippen LogP contribution is -2.45. The van der Waals surface area contributed by atoms with Crippen molar-refractivity contribution in [1.82, 2.24) is 4.90 Å². The van der Waals surface area contributed by atoms with E-state index < -0.39 is 0 Å². The quantitative estimate of drug-likeness (QED) is 0.718. The van der Waals surface area contributed by atoms with Crippen LogP contribution in [0, 0.1) is 5.92 Å². The van der Waals surface area contributed by atoms with Gasteiger partial charge < -0.3 is 20.9 Å². The van der Waals surface area contributed by atoms with E-state index in [9.17, 15) is 9.90 Å². The molecule has 6 heteroatoms. The summed E-state index contributed by atoms with van der Waals surface area (Å²) in [7, 11) is 1.55. The van der Waals surface area contributed by atoms with Crippen LogP contribution in [0.4, 0.5) is 11.4 Å². The molecule has 1 fully saturated rings. The smallest absolute Gasteiger partial charge is 0.238 e. The molecule has 0 aliphatic carbocycles. The molecule has 6 nitrogen and oxygen atoms in total. The number of aliphatic hydroxyl groups is 1. The Bertz CT molecular complexity index is 507. The minimum absolute atomic E-state index is 0.109. The van der Waals surface area contributed by atoms with E-state index >= 15 is 0 Å². The fourth-order valence-electron chi connectivity index (χ4n) is 2.58. The fraction of sp³-hybridized carbons (Fsp3) is 0.533. The summed E-state index contributed by atoms with van der Waals surface area (Å²) in [5, 5.41) is 12.5. The molecule has 21 heavy (non-hydrogen) atoms. The predicted molar refractivity (Wildman–Crippen MR) is 82.3 cm³/mol. The molecule has 1 amide bonds. The minimum Gasteiger partial charge on any atom is -0.495 e. The van der Waals surface area contributed by atoms with E-state index in [-0.39, 0.29) is 17.9 Å². The van der Waals surface area contributed by atoms with Gasteiger partial charge >= 0.3 is 0 Å². The second-order valence-electron chi connectivity index (χ2n) is 5.58. The number of ether oxygens (including phenoxy) is 1. The Morgan fingerprint density at radius 1 is 1.57 bits per heavy atom. The largest absolute Gasteiger partial charge is 0.495 e. The van der Waals surface area contributed by atoms with Crippen LogP contribution in [0.25, 0.3) is 0 Å². The van der Waals surface area contributed by atoms with Crippen LogP contribution in [-0.2, 0) is 4.79 Å². The zero-order valence-corrected chi connectivity index (χ0v) is 12.5. The van der Waals surface area contributed by atoms with Crippen molar-refractivity contribution in [2.75, 3.05) is 37.8 Å². The maximum absolute atomic E-state index is 12.1. The highest BCUT2D eigenvalue weighted by Crippen LogP contribution is 2.26. The number of likely N-dealkylation sites (tertiary alicyclic amines) is 1. The number of rotatable bonds is 4. The van der Waals surface area contributed by atoms with Gasteiger partial charge in [0, 0.05) is 18.8 Å². The van der Waals surface area contributed by atoms with Crippen LogP contribution >= 0.6 is 0 Å². The van der Waals surface area contributed by atoms with Gasteiger partial charge in [-0.3, -0.25) is 9.69 Å². The van der Waals surface area contributed by atoms with Crippen molar-refractivity contribution in [1.29, 1.82) is 0 Å². The van der Waals surface area contributed by atoms with Gasteiger partial charge in [-0.15, -0.1) is 0 Å². The molecule has 4 N–H and O–H groups in total. The maximum atomic E-state index is 12.1. The van der Waals surface area contributed by atoms with Crippen molar-refractivity contribution in [3.05, 3.63) is 18.2 Å². The monoisotopic (exact) mass is 293 g/mol. The number of aliphatic hydroxyl groups excluding tert-OH is 1. The van der Waals surface area contributed by atoms with Gasteiger partial charge in [-0.2, -0.15) is 0 Å². The molecule has 0 spiro atoms. The number of nitrogens with zero attached hydrogens (tertiary/aromatic N) is 1. The lowest BCUT2D eigenvalue weighted by atomic mass is 9.97. The highest BCUT2D eigenvalue weighted by atomic mass is 16.5. The van der Waals surface area contributed by atoms with Gasteiger partial charge in [0.05, 0.1) is 25.4 Å². The topological polar surface area (TPSA) is 87.8 Å². The van der Waals surface area contributed by atoms with E-state index in [0.29, 0.717) is 30.1 Å². The molecule has 0 bridgehead atoms. The second kappa shape index (κ2) is 6.78. The van der Waals surface area contributed by atoms with Gasteiger partial charge in [0.25, 0.3) is 0 Å². The summed E-state index contributed by atoms with van der Waals surface area (Å²) in [5.74, 6) is 0.663. The first-order chi connectivity index (χ1) is 9.99. The summed E-state index contributed by atoms with van der Waals surface area (Å²) >= 11 is 0.